The highest BCUT2D eigenvalue weighted by molar-refractivity contribution is 8.00. The van der Waals surface area contributed by atoms with E-state index in [0.29, 0.717) is 16.3 Å². The second-order valence-corrected chi connectivity index (χ2v) is 6.84. The lowest BCUT2D eigenvalue weighted by Crippen LogP contribution is -2.10. The number of anilines is 1. The maximum Gasteiger partial charge on any atom is 0.208 e. The van der Waals surface area contributed by atoms with Crippen molar-refractivity contribution in [3.63, 3.8) is 0 Å². The summed E-state index contributed by atoms with van der Waals surface area (Å²) in [5, 5.41) is 17.1. The summed E-state index contributed by atoms with van der Waals surface area (Å²) in [4.78, 5) is 1.93. The molecule has 1 heterocycles. The number of nitrogens with zero attached hydrogens (tertiary/aromatic N) is 3. The van der Waals surface area contributed by atoms with Crippen LogP contribution < -0.4 is 10.6 Å². The molecule has 2 aromatic rings. The standard InChI is InChI=1S/C12H14ClN5S2/c1-18(2)11-16-17-12(20-11)19-6-8-4-3-7(10(14)15)5-9(8)13/h3-5H,6H2,1-2H3,(H3,14,15). The molecule has 3 N–H and O–H groups in total. The van der Waals surface area contributed by atoms with E-state index in [9.17, 15) is 0 Å². The first-order chi connectivity index (χ1) is 9.47. The fraction of sp³-hybridized carbons (Fsp3) is 0.250. The van der Waals surface area contributed by atoms with Gasteiger partial charge in [-0.1, -0.05) is 46.8 Å². The number of hydrogen-bond acceptors (Lipinski definition) is 6. The first-order valence-corrected chi connectivity index (χ1v) is 7.92. The highest BCUT2D eigenvalue weighted by Gasteiger charge is 2.09. The fourth-order valence-corrected chi connectivity index (χ4v) is 3.51. The van der Waals surface area contributed by atoms with Crippen molar-refractivity contribution in [3.05, 3.63) is 34.3 Å². The predicted octanol–water partition coefficient (Wildman–Crippen LogP) is 2.83. The molecule has 0 aliphatic rings. The summed E-state index contributed by atoms with van der Waals surface area (Å²) in [6.45, 7) is 0. The van der Waals surface area contributed by atoms with Gasteiger partial charge in [0.15, 0.2) is 4.34 Å². The van der Waals surface area contributed by atoms with E-state index < -0.39 is 0 Å². The first kappa shape index (κ1) is 15.1. The molecular formula is C12H14ClN5S2. The van der Waals surface area contributed by atoms with Gasteiger partial charge in [-0.25, -0.2) is 0 Å². The summed E-state index contributed by atoms with van der Waals surface area (Å²) in [6.07, 6.45) is 0. The number of rotatable bonds is 5. The van der Waals surface area contributed by atoms with E-state index in [-0.39, 0.29) is 5.84 Å². The molecule has 1 aromatic heterocycles. The number of aromatic nitrogens is 2. The monoisotopic (exact) mass is 327 g/mol. The zero-order valence-electron chi connectivity index (χ0n) is 11.1. The van der Waals surface area contributed by atoms with Crippen LogP contribution in [0.4, 0.5) is 5.13 Å². The molecule has 0 saturated heterocycles. The molecule has 0 amide bonds. The lowest BCUT2D eigenvalue weighted by molar-refractivity contribution is 0.972. The van der Waals surface area contributed by atoms with Crippen LogP contribution >= 0.6 is 34.7 Å². The highest BCUT2D eigenvalue weighted by Crippen LogP contribution is 2.31. The molecule has 5 nitrogen and oxygen atoms in total. The Bertz CT molecular complexity index is 626. The zero-order chi connectivity index (χ0) is 14.7. The molecule has 8 heteroatoms. The summed E-state index contributed by atoms with van der Waals surface area (Å²) >= 11 is 9.32. The van der Waals surface area contributed by atoms with Crippen LogP contribution in [0.1, 0.15) is 11.1 Å². The van der Waals surface area contributed by atoms with Gasteiger partial charge in [-0.3, -0.25) is 5.41 Å². The summed E-state index contributed by atoms with van der Waals surface area (Å²) < 4.78 is 0.903. The highest BCUT2D eigenvalue weighted by atomic mass is 35.5. The molecule has 0 atom stereocenters. The molecule has 2 rings (SSSR count). The normalized spacial score (nSPS) is 10.6. The number of amidine groups is 1. The van der Waals surface area contributed by atoms with Crippen LogP contribution in [-0.4, -0.2) is 30.1 Å². The van der Waals surface area contributed by atoms with Crippen LogP contribution in [0.15, 0.2) is 22.5 Å². The second kappa shape index (κ2) is 6.43. The Hall–Kier alpha value is -1.31. The average Bonchev–Trinajstić information content (AvgIpc) is 2.86. The van der Waals surface area contributed by atoms with Gasteiger partial charge in [-0.15, -0.1) is 10.2 Å². The van der Waals surface area contributed by atoms with E-state index in [0.717, 1.165) is 15.0 Å². The Morgan fingerprint density at radius 2 is 2.20 bits per heavy atom. The van der Waals surface area contributed by atoms with Crippen molar-refractivity contribution in [2.75, 3.05) is 19.0 Å². The number of thioether (sulfide) groups is 1. The second-order valence-electron chi connectivity index (χ2n) is 4.25. The maximum atomic E-state index is 7.37. The maximum absolute atomic E-state index is 7.37. The minimum atomic E-state index is 0.0193. The molecule has 0 spiro atoms. The molecule has 106 valence electrons. The Kier molecular flexibility index (Phi) is 4.85. The lowest BCUT2D eigenvalue weighted by atomic mass is 10.1. The van der Waals surface area contributed by atoms with Gasteiger partial charge < -0.3 is 10.6 Å². The number of nitrogens with one attached hydrogen (secondary N) is 1. The Balaban J connectivity index is 2.05. The van der Waals surface area contributed by atoms with Gasteiger partial charge in [0.2, 0.25) is 5.13 Å². The third-order valence-corrected chi connectivity index (χ3v) is 5.12. The van der Waals surface area contributed by atoms with Crippen molar-refractivity contribution in [3.8, 4) is 0 Å². The Morgan fingerprint density at radius 1 is 1.45 bits per heavy atom. The van der Waals surface area contributed by atoms with Crippen LogP contribution in [0.25, 0.3) is 0 Å². The van der Waals surface area contributed by atoms with Crippen molar-refractivity contribution in [1.29, 1.82) is 5.41 Å². The largest absolute Gasteiger partial charge is 0.384 e. The molecule has 0 aliphatic carbocycles. The van der Waals surface area contributed by atoms with Crippen LogP contribution in [0.2, 0.25) is 5.02 Å². The quantitative estimate of drug-likeness (QED) is 0.501. The van der Waals surface area contributed by atoms with E-state index in [1.54, 1.807) is 35.2 Å². The third kappa shape index (κ3) is 3.62. The SMILES string of the molecule is CN(C)c1nnc(SCc2ccc(C(=N)N)cc2Cl)s1. The Morgan fingerprint density at radius 3 is 2.75 bits per heavy atom. The van der Waals surface area contributed by atoms with Gasteiger partial charge in [0, 0.05) is 30.4 Å². The smallest absolute Gasteiger partial charge is 0.208 e. The van der Waals surface area contributed by atoms with Gasteiger partial charge in [0.25, 0.3) is 0 Å². The average molecular weight is 328 g/mol. The summed E-state index contributed by atoms with van der Waals surface area (Å²) in [5.74, 6) is 0.727. The molecule has 0 aliphatic heterocycles. The molecule has 20 heavy (non-hydrogen) atoms. The molecular weight excluding hydrogens is 314 g/mol. The van der Waals surface area contributed by atoms with Crippen LogP contribution in [-0.2, 0) is 5.75 Å². The minimum absolute atomic E-state index is 0.0193. The topological polar surface area (TPSA) is 78.9 Å². The van der Waals surface area contributed by atoms with Crippen molar-refractivity contribution >= 4 is 45.7 Å². The summed E-state index contributed by atoms with van der Waals surface area (Å²) in [6, 6.07) is 5.40. The molecule has 0 saturated carbocycles. The zero-order valence-corrected chi connectivity index (χ0v) is 13.4. The van der Waals surface area contributed by atoms with Crippen LogP contribution in [0.3, 0.4) is 0 Å². The number of halogens is 1. The van der Waals surface area contributed by atoms with Gasteiger partial charge in [0.05, 0.1) is 0 Å². The van der Waals surface area contributed by atoms with E-state index in [2.05, 4.69) is 10.2 Å². The summed E-state index contributed by atoms with van der Waals surface area (Å²) in [5.41, 5.74) is 7.05. The lowest BCUT2D eigenvalue weighted by Gasteiger charge is -2.05. The number of benzene rings is 1. The molecule has 1 aromatic carbocycles. The molecule has 0 bridgehead atoms. The molecule has 0 unspecified atom stereocenters. The summed E-state index contributed by atoms with van der Waals surface area (Å²) in [7, 11) is 3.87. The Labute approximate surface area is 130 Å². The number of nitrogen functional groups attached to an aromatic ring is 1. The van der Waals surface area contributed by atoms with Crippen LogP contribution in [0.5, 0.6) is 0 Å². The van der Waals surface area contributed by atoms with Gasteiger partial charge in [-0.2, -0.15) is 0 Å². The van der Waals surface area contributed by atoms with Gasteiger partial charge in [0.1, 0.15) is 5.84 Å². The van der Waals surface area contributed by atoms with Crippen molar-refractivity contribution in [1.82, 2.24) is 10.2 Å². The van der Waals surface area contributed by atoms with Crippen molar-refractivity contribution in [2.24, 2.45) is 5.73 Å². The van der Waals surface area contributed by atoms with Gasteiger partial charge >= 0.3 is 0 Å². The van der Waals surface area contributed by atoms with Crippen molar-refractivity contribution in [2.45, 2.75) is 10.1 Å². The third-order valence-electron chi connectivity index (χ3n) is 2.49. The minimum Gasteiger partial charge on any atom is -0.384 e. The number of nitrogens with two attached hydrogens (primary N) is 1. The first-order valence-electron chi connectivity index (χ1n) is 5.74. The van der Waals surface area contributed by atoms with E-state index >= 15 is 0 Å². The number of hydrogen-bond donors (Lipinski definition) is 2. The van der Waals surface area contributed by atoms with E-state index in [4.69, 9.17) is 22.7 Å². The molecule has 0 radical (unpaired) electrons. The fourth-order valence-electron chi connectivity index (χ4n) is 1.41. The van der Waals surface area contributed by atoms with E-state index in [1.165, 1.54) is 0 Å². The van der Waals surface area contributed by atoms with Crippen LogP contribution in [0, 0.1) is 5.41 Å². The van der Waals surface area contributed by atoms with E-state index in [1.807, 2.05) is 25.1 Å². The molecule has 0 fully saturated rings. The van der Waals surface area contributed by atoms with Crippen molar-refractivity contribution < 1.29 is 0 Å². The van der Waals surface area contributed by atoms with Gasteiger partial charge in [-0.05, 0) is 11.6 Å². The predicted molar refractivity (Wildman–Crippen MR) is 86.3 cm³/mol.